The van der Waals surface area contributed by atoms with Crippen LogP contribution >= 0.6 is 0 Å². The zero-order valence-corrected chi connectivity index (χ0v) is 12.4. The summed E-state index contributed by atoms with van der Waals surface area (Å²) < 4.78 is 0. The molecule has 2 N–H and O–H groups in total. The molecule has 21 heavy (non-hydrogen) atoms. The van der Waals surface area contributed by atoms with Crippen molar-refractivity contribution in [2.75, 3.05) is 36.5 Å². The lowest BCUT2D eigenvalue weighted by Gasteiger charge is -2.18. The van der Waals surface area contributed by atoms with E-state index in [1.165, 1.54) is 0 Å². The Labute approximate surface area is 123 Å². The van der Waals surface area contributed by atoms with Gasteiger partial charge in [0.05, 0.1) is 4.92 Å². The fourth-order valence-electron chi connectivity index (χ4n) is 2.48. The van der Waals surface area contributed by atoms with Crippen molar-refractivity contribution >= 4 is 17.5 Å². The Morgan fingerprint density at radius 1 is 1.52 bits per heavy atom. The normalized spacial score (nSPS) is 18.0. The third-order valence-electron chi connectivity index (χ3n) is 3.60. The summed E-state index contributed by atoms with van der Waals surface area (Å²) in [4.78, 5) is 21.2. The van der Waals surface area contributed by atoms with Crippen LogP contribution in [0.2, 0.25) is 0 Å². The van der Waals surface area contributed by atoms with Gasteiger partial charge in [-0.25, -0.2) is 4.98 Å². The molecule has 0 bridgehead atoms. The van der Waals surface area contributed by atoms with Crippen LogP contribution in [0.4, 0.5) is 17.5 Å². The monoisotopic (exact) mass is 295 g/mol. The highest BCUT2D eigenvalue weighted by Crippen LogP contribution is 2.33. The highest BCUT2D eigenvalue weighted by molar-refractivity contribution is 5.63. The number of aliphatic hydroxyl groups is 1. The van der Waals surface area contributed by atoms with Gasteiger partial charge in [0.15, 0.2) is 0 Å². The molecule has 8 nitrogen and oxygen atoms in total. The molecule has 0 spiro atoms. The zero-order chi connectivity index (χ0) is 15.4. The van der Waals surface area contributed by atoms with Gasteiger partial charge in [-0.1, -0.05) is 6.92 Å². The van der Waals surface area contributed by atoms with Gasteiger partial charge in [0.1, 0.15) is 5.69 Å². The van der Waals surface area contributed by atoms with E-state index in [0.717, 1.165) is 19.4 Å². The van der Waals surface area contributed by atoms with Crippen LogP contribution in [0.1, 0.15) is 25.5 Å². The van der Waals surface area contributed by atoms with Crippen molar-refractivity contribution in [1.29, 1.82) is 0 Å². The zero-order valence-electron chi connectivity index (χ0n) is 12.4. The summed E-state index contributed by atoms with van der Waals surface area (Å²) in [6, 6.07) is 0. The Kier molecular flexibility index (Phi) is 4.89. The lowest BCUT2D eigenvalue weighted by atomic mass is 10.1. The number of hydrogen-bond acceptors (Lipinski definition) is 7. The molecule has 1 aliphatic rings. The van der Waals surface area contributed by atoms with Crippen LogP contribution < -0.4 is 10.2 Å². The molecule has 0 aromatic carbocycles. The molecule has 1 atom stereocenters. The number of nitrogens with zero attached hydrogens (tertiary/aromatic N) is 4. The molecular weight excluding hydrogens is 274 g/mol. The molecule has 1 aliphatic heterocycles. The minimum absolute atomic E-state index is 0.0457. The largest absolute Gasteiger partial charge is 0.396 e. The maximum atomic E-state index is 11.3. The van der Waals surface area contributed by atoms with Gasteiger partial charge in [0.25, 0.3) is 0 Å². The minimum atomic E-state index is -0.430. The van der Waals surface area contributed by atoms with Gasteiger partial charge >= 0.3 is 5.69 Å². The lowest BCUT2D eigenvalue weighted by molar-refractivity contribution is -0.385. The summed E-state index contributed by atoms with van der Waals surface area (Å²) in [5.41, 5.74) is 0.312. The van der Waals surface area contributed by atoms with E-state index in [1.807, 2.05) is 11.8 Å². The molecule has 0 aliphatic carbocycles. The van der Waals surface area contributed by atoms with E-state index < -0.39 is 4.92 Å². The summed E-state index contributed by atoms with van der Waals surface area (Å²) in [6.07, 6.45) is 1.74. The second kappa shape index (κ2) is 6.66. The van der Waals surface area contributed by atoms with Gasteiger partial charge in [-0.3, -0.25) is 10.1 Å². The summed E-state index contributed by atoms with van der Waals surface area (Å²) in [7, 11) is 0. The van der Waals surface area contributed by atoms with E-state index in [-0.39, 0.29) is 18.2 Å². The number of aliphatic hydroxyl groups excluding tert-OH is 1. The van der Waals surface area contributed by atoms with E-state index in [0.29, 0.717) is 30.5 Å². The molecule has 0 amide bonds. The molecule has 1 aromatic heterocycles. The van der Waals surface area contributed by atoms with Crippen LogP contribution in [0.5, 0.6) is 0 Å². The summed E-state index contributed by atoms with van der Waals surface area (Å²) in [5.74, 6) is 0.913. The van der Waals surface area contributed by atoms with Crippen molar-refractivity contribution in [2.24, 2.45) is 5.92 Å². The van der Waals surface area contributed by atoms with Crippen molar-refractivity contribution in [3.8, 4) is 0 Å². The number of nitrogens with one attached hydrogen (secondary N) is 1. The average Bonchev–Trinajstić information content (AvgIpc) is 2.92. The van der Waals surface area contributed by atoms with Crippen molar-refractivity contribution in [2.45, 2.75) is 26.7 Å². The highest BCUT2D eigenvalue weighted by atomic mass is 16.6. The van der Waals surface area contributed by atoms with Crippen molar-refractivity contribution in [1.82, 2.24) is 9.97 Å². The third-order valence-corrected chi connectivity index (χ3v) is 3.60. The topological polar surface area (TPSA) is 104 Å². The fourth-order valence-corrected chi connectivity index (χ4v) is 2.48. The van der Waals surface area contributed by atoms with Crippen LogP contribution in [0, 0.1) is 23.0 Å². The average molecular weight is 295 g/mol. The molecule has 0 saturated carbocycles. The maximum Gasteiger partial charge on any atom is 0.332 e. The number of aryl methyl sites for hydroxylation is 1. The Morgan fingerprint density at radius 3 is 2.86 bits per heavy atom. The van der Waals surface area contributed by atoms with Gasteiger partial charge in [-0.15, -0.1) is 0 Å². The molecular formula is C13H21N5O3. The first kappa shape index (κ1) is 15.4. The standard InChI is InChI=1S/C13H21N5O3/c1-3-5-14-13-15-9(2)11(18(20)21)12(16-13)17-6-4-10(7-17)8-19/h10,19H,3-8H2,1-2H3,(H,14,15,16). The Balaban J connectivity index is 2.35. The van der Waals surface area contributed by atoms with Crippen LogP contribution in [0.3, 0.4) is 0 Å². The second-order valence-electron chi connectivity index (χ2n) is 5.27. The van der Waals surface area contributed by atoms with E-state index in [2.05, 4.69) is 15.3 Å². The summed E-state index contributed by atoms with van der Waals surface area (Å²) in [5, 5.41) is 23.6. The van der Waals surface area contributed by atoms with Gasteiger partial charge in [-0.2, -0.15) is 4.98 Å². The predicted octanol–water partition coefficient (Wildman–Crippen LogP) is 1.33. The van der Waals surface area contributed by atoms with Gasteiger partial charge < -0.3 is 15.3 Å². The van der Waals surface area contributed by atoms with E-state index in [9.17, 15) is 15.2 Å². The molecule has 1 fully saturated rings. The van der Waals surface area contributed by atoms with Crippen LogP contribution in [0.25, 0.3) is 0 Å². The Morgan fingerprint density at radius 2 is 2.29 bits per heavy atom. The second-order valence-corrected chi connectivity index (χ2v) is 5.27. The third kappa shape index (κ3) is 3.38. The Bertz CT molecular complexity index is 523. The van der Waals surface area contributed by atoms with Crippen LogP contribution in [0.15, 0.2) is 0 Å². The number of rotatable bonds is 6. The number of anilines is 2. The molecule has 8 heteroatoms. The van der Waals surface area contributed by atoms with Crippen LogP contribution in [-0.2, 0) is 0 Å². The highest BCUT2D eigenvalue weighted by Gasteiger charge is 2.31. The van der Waals surface area contributed by atoms with Crippen LogP contribution in [-0.4, -0.2) is 46.2 Å². The van der Waals surface area contributed by atoms with Gasteiger partial charge in [0.2, 0.25) is 11.8 Å². The fraction of sp³-hybridized carbons (Fsp3) is 0.692. The predicted molar refractivity (Wildman–Crippen MR) is 79.6 cm³/mol. The van der Waals surface area contributed by atoms with Crippen molar-refractivity contribution in [3.63, 3.8) is 0 Å². The summed E-state index contributed by atoms with van der Waals surface area (Å²) >= 11 is 0. The first-order valence-corrected chi connectivity index (χ1v) is 7.19. The van der Waals surface area contributed by atoms with Crippen molar-refractivity contribution in [3.05, 3.63) is 15.8 Å². The minimum Gasteiger partial charge on any atom is -0.396 e. The van der Waals surface area contributed by atoms with Crippen molar-refractivity contribution < 1.29 is 10.0 Å². The maximum absolute atomic E-state index is 11.3. The Hall–Kier alpha value is -1.96. The summed E-state index contributed by atoms with van der Waals surface area (Å²) in [6.45, 7) is 5.71. The lowest BCUT2D eigenvalue weighted by Crippen LogP contribution is -2.24. The first-order chi connectivity index (χ1) is 10.1. The smallest absolute Gasteiger partial charge is 0.332 e. The molecule has 1 saturated heterocycles. The SMILES string of the molecule is CCCNc1nc(C)c([N+](=O)[O-])c(N2CCC(CO)C2)n1. The molecule has 2 rings (SSSR count). The molecule has 0 radical (unpaired) electrons. The van der Waals surface area contributed by atoms with E-state index in [4.69, 9.17) is 0 Å². The van der Waals surface area contributed by atoms with Gasteiger partial charge in [-0.05, 0) is 19.8 Å². The van der Waals surface area contributed by atoms with E-state index >= 15 is 0 Å². The quantitative estimate of drug-likeness (QED) is 0.602. The number of aromatic nitrogens is 2. The molecule has 1 aromatic rings. The number of hydrogen-bond donors (Lipinski definition) is 2. The molecule has 1 unspecified atom stereocenters. The molecule has 2 heterocycles. The van der Waals surface area contributed by atoms with E-state index in [1.54, 1.807) is 6.92 Å². The first-order valence-electron chi connectivity index (χ1n) is 7.19. The van der Waals surface area contributed by atoms with Gasteiger partial charge in [0, 0.05) is 32.2 Å². The molecule has 116 valence electrons. The number of nitro groups is 1.